The van der Waals surface area contributed by atoms with Crippen molar-refractivity contribution >= 4 is 43.1 Å². The normalized spacial score (nSPS) is 19.4. The van der Waals surface area contributed by atoms with Crippen molar-refractivity contribution in [1.29, 1.82) is 0 Å². The lowest BCUT2D eigenvalue weighted by molar-refractivity contribution is 0.143. The third-order valence-electron chi connectivity index (χ3n) is 6.74. The largest absolute Gasteiger partial charge is 0.393 e. The van der Waals surface area contributed by atoms with Gasteiger partial charge < -0.3 is 10.4 Å². The molecule has 5 rings (SSSR count). The maximum atomic E-state index is 12.8. The molecule has 0 radical (unpaired) electrons. The maximum absolute atomic E-state index is 12.8. The lowest BCUT2D eigenvalue weighted by Gasteiger charge is -2.19. The summed E-state index contributed by atoms with van der Waals surface area (Å²) in [6.45, 7) is 1.18. The monoisotopic (exact) mass is 559 g/mol. The van der Waals surface area contributed by atoms with Gasteiger partial charge in [0.15, 0.2) is 5.65 Å². The molecule has 0 bridgehead atoms. The molecule has 3 heterocycles. The molecule has 2 N–H and O–H groups in total. The van der Waals surface area contributed by atoms with Crippen molar-refractivity contribution in [1.82, 2.24) is 18.9 Å². The number of aromatic nitrogens is 3. The fourth-order valence-corrected chi connectivity index (χ4v) is 6.61. The number of fused-ring (bicyclic) bond motifs is 1. The second kappa shape index (κ2) is 10.4. The molecule has 0 unspecified atom stereocenters. The van der Waals surface area contributed by atoms with Crippen LogP contribution in [0.5, 0.6) is 0 Å². The van der Waals surface area contributed by atoms with E-state index in [2.05, 4.69) is 32.4 Å². The van der Waals surface area contributed by atoms with Crippen LogP contribution in [0.3, 0.4) is 0 Å². The Morgan fingerprint density at radius 1 is 1.14 bits per heavy atom. The predicted molar refractivity (Wildman–Crippen MR) is 139 cm³/mol. The molecule has 3 aromatic rings. The van der Waals surface area contributed by atoms with Gasteiger partial charge in [0, 0.05) is 30.5 Å². The molecule has 1 aliphatic carbocycles. The molecule has 1 aliphatic heterocycles. The minimum atomic E-state index is -3.44. The number of nitrogens with zero attached hydrogens (tertiary/aromatic N) is 4. The Morgan fingerprint density at radius 3 is 2.57 bits per heavy atom. The predicted octanol–water partition coefficient (Wildman–Crippen LogP) is 4.81. The van der Waals surface area contributed by atoms with E-state index < -0.39 is 10.0 Å². The number of aryl methyl sites for hydroxylation is 1. The first-order valence-electron chi connectivity index (χ1n) is 12.2. The third-order valence-corrected chi connectivity index (χ3v) is 9.21. The van der Waals surface area contributed by atoms with E-state index >= 15 is 0 Å². The summed E-state index contributed by atoms with van der Waals surface area (Å²) in [6.07, 6.45) is 11.0. The Hall–Kier alpha value is -2.27. The summed E-state index contributed by atoms with van der Waals surface area (Å²) in [7, 11) is -3.44. The van der Waals surface area contributed by atoms with Gasteiger partial charge in [-0.2, -0.15) is 13.9 Å². The number of hydrogen-bond acceptors (Lipinski definition) is 6. The van der Waals surface area contributed by atoms with Crippen LogP contribution in [0.25, 0.3) is 5.65 Å². The highest BCUT2D eigenvalue weighted by atomic mass is 79.9. The van der Waals surface area contributed by atoms with Gasteiger partial charge in [-0.25, -0.2) is 13.4 Å². The van der Waals surface area contributed by atoms with Gasteiger partial charge in [0.05, 0.1) is 21.7 Å². The zero-order chi connectivity index (χ0) is 24.4. The number of halogens is 1. The van der Waals surface area contributed by atoms with Crippen molar-refractivity contribution in [2.45, 2.75) is 62.4 Å². The average Bonchev–Trinajstić information content (AvgIpc) is 3.52. The number of sulfonamides is 1. The molecule has 10 heteroatoms. The van der Waals surface area contributed by atoms with Crippen LogP contribution in [0.2, 0.25) is 0 Å². The molecule has 2 aliphatic rings. The Labute approximate surface area is 214 Å². The van der Waals surface area contributed by atoms with Gasteiger partial charge in [0.1, 0.15) is 5.82 Å². The van der Waals surface area contributed by atoms with Crippen molar-refractivity contribution < 1.29 is 13.5 Å². The van der Waals surface area contributed by atoms with Crippen LogP contribution >= 0.6 is 15.9 Å². The van der Waals surface area contributed by atoms with Crippen LogP contribution in [0.4, 0.5) is 11.5 Å². The number of aliphatic hydroxyl groups excluding tert-OH is 1. The molecule has 35 heavy (non-hydrogen) atoms. The van der Waals surface area contributed by atoms with Gasteiger partial charge in [-0.15, -0.1) is 0 Å². The highest BCUT2D eigenvalue weighted by Gasteiger charge is 2.27. The summed E-state index contributed by atoms with van der Waals surface area (Å²) in [5, 5.41) is 17.5. The van der Waals surface area contributed by atoms with Crippen LogP contribution in [-0.4, -0.2) is 51.6 Å². The number of nitrogens with one attached hydrogen (secondary N) is 1. The SMILES string of the molecule is O=S(=O)(c1ccc(Nc2cc(CCC=C3CCC(O)CC3)nc3c(Br)cnn23)cc1)N1CCCC1. The second-order valence-corrected chi connectivity index (χ2v) is 12.0. The van der Waals surface area contributed by atoms with Crippen molar-refractivity contribution in [3.8, 4) is 0 Å². The zero-order valence-corrected chi connectivity index (χ0v) is 21.9. The molecule has 0 spiro atoms. The molecular weight excluding hydrogens is 530 g/mol. The van der Waals surface area contributed by atoms with Crippen molar-refractivity contribution in [2.75, 3.05) is 18.4 Å². The quantitative estimate of drug-likeness (QED) is 0.403. The number of benzene rings is 1. The zero-order valence-electron chi connectivity index (χ0n) is 19.5. The minimum absolute atomic E-state index is 0.154. The Bertz CT molecular complexity index is 1320. The first-order chi connectivity index (χ1) is 16.9. The molecule has 1 saturated carbocycles. The van der Waals surface area contributed by atoms with Crippen LogP contribution in [0, 0.1) is 0 Å². The molecule has 2 aromatic heterocycles. The fourth-order valence-electron chi connectivity index (χ4n) is 4.74. The van der Waals surface area contributed by atoms with E-state index in [0.717, 1.165) is 78.7 Å². The van der Waals surface area contributed by atoms with Crippen molar-refractivity contribution in [3.63, 3.8) is 0 Å². The van der Waals surface area contributed by atoms with E-state index in [4.69, 9.17) is 4.98 Å². The standard InChI is InChI=1S/C25H30BrN5O3S/c26-23-17-27-31-24(16-20(29-25(23)31)5-3-4-18-6-10-21(32)11-7-18)28-19-8-12-22(13-9-19)35(33,34)30-14-1-2-15-30/h4,8-9,12-13,16-17,21,28,32H,1-3,5-7,10-11,14-15H2. The highest BCUT2D eigenvalue weighted by Crippen LogP contribution is 2.27. The maximum Gasteiger partial charge on any atom is 0.243 e. The van der Waals surface area contributed by atoms with Crippen LogP contribution < -0.4 is 5.32 Å². The molecule has 0 amide bonds. The molecule has 8 nitrogen and oxygen atoms in total. The van der Waals surface area contributed by atoms with E-state index in [1.165, 1.54) is 5.57 Å². The van der Waals surface area contributed by atoms with Gasteiger partial charge in [-0.05, 0) is 91.6 Å². The average molecular weight is 561 g/mol. The minimum Gasteiger partial charge on any atom is -0.393 e. The summed E-state index contributed by atoms with van der Waals surface area (Å²) >= 11 is 3.54. The van der Waals surface area contributed by atoms with E-state index in [1.54, 1.807) is 39.3 Å². The number of hydrogen-bond donors (Lipinski definition) is 2. The summed E-state index contributed by atoms with van der Waals surface area (Å²) in [5.41, 5.74) is 3.87. The molecular formula is C25H30BrN5O3S. The molecule has 0 atom stereocenters. The van der Waals surface area contributed by atoms with E-state index in [1.807, 2.05) is 6.07 Å². The lowest BCUT2D eigenvalue weighted by atomic mass is 9.92. The van der Waals surface area contributed by atoms with Crippen molar-refractivity contribution in [3.05, 3.63) is 58.3 Å². The third kappa shape index (κ3) is 5.45. The van der Waals surface area contributed by atoms with Gasteiger partial charge in [0.25, 0.3) is 0 Å². The summed E-state index contributed by atoms with van der Waals surface area (Å²) in [6, 6.07) is 8.87. The lowest BCUT2D eigenvalue weighted by Crippen LogP contribution is -2.27. The van der Waals surface area contributed by atoms with Gasteiger partial charge in [-0.1, -0.05) is 11.6 Å². The first-order valence-corrected chi connectivity index (χ1v) is 14.4. The summed E-state index contributed by atoms with van der Waals surface area (Å²) < 4.78 is 29.7. The Kier molecular flexibility index (Phi) is 7.24. The first kappa shape index (κ1) is 24.4. The Balaban J connectivity index is 1.33. The van der Waals surface area contributed by atoms with Crippen LogP contribution in [-0.2, 0) is 16.4 Å². The number of rotatable bonds is 7. The van der Waals surface area contributed by atoms with Gasteiger partial charge in [-0.3, -0.25) is 0 Å². The van der Waals surface area contributed by atoms with Gasteiger partial charge >= 0.3 is 0 Å². The number of aliphatic hydroxyl groups is 1. The summed E-state index contributed by atoms with van der Waals surface area (Å²) in [4.78, 5) is 5.10. The van der Waals surface area contributed by atoms with Crippen LogP contribution in [0.15, 0.2) is 57.5 Å². The van der Waals surface area contributed by atoms with E-state index in [-0.39, 0.29) is 6.10 Å². The van der Waals surface area contributed by atoms with Crippen molar-refractivity contribution in [2.24, 2.45) is 0 Å². The molecule has 1 aromatic carbocycles. The van der Waals surface area contributed by atoms with Gasteiger partial charge in [0.2, 0.25) is 10.0 Å². The fraction of sp³-hybridized carbons (Fsp3) is 0.440. The summed E-state index contributed by atoms with van der Waals surface area (Å²) in [5.74, 6) is 0.763. The topological polar surface area (TPSA) is 99.8 Å². The number of allylic oxidation sites excluding steroid dienone is 2. The Morgan fingerprint density at radius 2 is 1.86 bits per heavy atom. The second-order valence-electron chi connectivity index (χ2n) is 9.25. The van der Waals surface area contributed by atoms with E-state index in [0.29, 0.717) is 18.0 Å². The number of anilines is 2. The smallest absolute Gasteiger partial charge is 0.243 e. The molecule has 186 valence electrons. The molecule has 1 saturated heterocycles. The molecule has 2 fully saturated rings. The van der Waals surface area contributed by atoms with Crippen LogP contribution in [0.1, 0.15) is 50.6 Å². The van der Waals surface area contributed by atoms with E-state index in [9.17, 15) is 13.5 Å². The highest BCUT2D eigenvalue weighted by molar-refractivity contribution is 9.10.